The van der Waals surface area contributed by atoms with Gasteiger partial charge in [-0.15, -0.1) is 0 Å². The fourth-order valence-corrected chi connectivity index (χ4v) is 5.92. The van der Waals surface area contributed by atoms with Crippen LogP contribution in [-0.2, 0) is 6.18 Å². The molecule has 5 rings (SSSR count). The van der Waals surface area contributed by atoms with Crippen LogP contribution in [-0.4, -0.2) is 132 Å². The molecule has 0 heterocycles. The molecule has 0 amide bonds. The smallest absolute Gasteiger partial charge is 0.312 e. The van der Waals surface area contributed by atoms with E-state index in [1.54, 1.807) is 0 Å². The number of benzene rings is 2. The average molecular weight is 1390 g/mol. The van der Waals surface area contributed by atoms with Crippen LogP contribution in [0.2, 0.25) is 0 Å². The zero-order valence-corrected chi connectivity index (χ0v) is 39.2. The van der Waals surface area contributed by atoms with E-state index in [4.69, 9.17) is 0 Å². The molecule has 50 heteroatoms. The van der Waals surface area contributed by atoms with Gasteiger partial charge in [0.05, 0.1) is 0 Å². The highest BCUT2D eigenvalue weighted by Crippen LogP contribution is 2.81. The van der Waals surface area contributed by atoms with Crippen molar-refractivity contribution in [2.24, 2.45) is 0 Å². The Morgan fingerprint density at radius 2 is 0.384 bits per heavy atom. The predicted octanol–water partition coefficient (Wildman–Crippen LogP) is 18.0. The van der Waals surface area contributed by atoms with E-state index in [0.29, 0.717) is 0 Å². The molecule has 1 nitrogen and oxygen atoms in total. The van der Waals surface area contributed by atoms with Crippen LogP contribution in [0.5, 0.6) is 0 Å². The first-order valence-corrected chi connectivity index (χ1v) is 19.4. The van der Waals surface area contributed by atoms with Crippen molar-refractivity contribution in [2.45, 2.75) is 126 Å². The Kier molecular flexibility index (Phi) is 21.2. The molecule has 3 aliphatic rings. The van der Waals surface area contributed by atoms with E-state index in [-0.39, 0.29) is 0 Å². The lowest BCUT2D eigenvalue weighted by molar-refractivity contribution is -0.560. The third-order valence-corrected chi connectivity index (χ3v) is 10.5. The second-order valence-electron chi connectivity index (χ2n) is 16.6. The van der Waals surface area contributed by atoms with Crippen LogP contribution in [0.3, 0.4) is 0 Å². The molecule has 3 saturated carbocycles. The molecule has 86 heavy (non-hydrogen) atoms. The van der Waals surface area contributed by atoms with Crippen LogP contribution in [0.4, 0.5) is 215 Å². The summed E-state index contributed by atoms with van der Waals surface area (Å²) >= 11 is 0. The lowest BCUT2D eigenvalue weighted by Gasteiger charge is -2.63. The molecule has 3 fully saturated rings. The third kappa shape index (κ3) is 10.5. The summed E-state index contributed by atoms with van der Waals surface area (Å²) in [6.45, 7) is 1.08. The largest absolute Gasteiger partial charge is 0.435 e. The molecule has 0 saturated heterocycles. The molecule has 2 aromatic rings. The molecule has 506 valence electrons. The lowest BCUT2D eigenvalue weighted by Crippen LogP contribution is -2.98. The van der Waals surface area contributed by atoms with Gasteiger partial charge in [-0.3, -0.25) is 0 Å². The predicted molar refractivity (Wildman–Crippen MR) is 175 cm³/mol. The minimum atomic E-state index is -8.64. The van der Waals surface area contributed by atoms with Gasteiger partial charge in [-0.2, -0.15) is 154 Å². The molecular weight excluding hydrogens is 1380 g/mol. The van der Waals surface area contributed by atoms with Gasteiger partial charge in [0, 0.05) is 6.42 Å². The number of hydrogen-bond donors (Lipinski definition) is 0. The Labute approximate surface area is 437 Å². The van der Waals surface area contributed by atoms with Crippen molar-refractivity contribution in [1.82, 2.24) is 4.90 Å². The van der Waals surface area contributed by atoms with Crippen molar-refractivity contribution in [2.75, 3.05) is 21.1 Å². The van der Waals surface area contributed by atoms with Gasteiger partial charge in [-0.25, -0.2) is 61.5 Å². The van der Waals surface area contributed by atoms with Crippen LogP contribution in [0.25, 0.3) is 0 Å². The Hall–Kier alpha value is -5.03. The molecule has 0 unspecified atom stereocenters. The van der Waals surface area contributed by atoms with E-state index in [1.165, 1.54) is 0 Å². The Morgan fingerprint density at radius 3 is 0.512 bits per heavy atom. The van der Waals surface area contributed by atoms with Crippen molar-refractivity contribution >= 4 is 0 Å². The maximum Gasteiger partial charge on any atom is 0.435 e. The number of hydrogen-bond acceptors (Lipinski definition) is 1. The van der Waals surface area contributed by atoms with Crippen molar-refractivity contribution in [3.8, 4) is 0 Å². The SMILES string of the molecule is CCC(F)(F)F.CN(C)C.FC(F)(F)C1(F)C(F)(F)C(F)(F)C(F)(F)C(F)(F)C1(F)F.FC1(F)C(F)(F)C(F)(F)C2(F)C(F)(F)C(F)(F)C(F)(F)C(F)(F)C2(F)C1(F)F.Fc1c(F)c(F)c(C(F)(F)F)c(F)c1F.Fc1c(F)c(F)c(F)c(F)c1F. The Bertz CT molecular complexity index is 2470. The minimum absolute atomic E-state index is 0.729. The average Bonchev–Trinajstić information content (AvgIpc) is 0.671. The van der Waals surface area contributed by atoms with Gasteiger partial charge in [0.1, 0.15) is 5.56 Å². The molecular formula is C36H14F49N. The number of nitrogens with zero attached hydrogens (tertiary/aromatic N) is 1. The highest BCUT2D eigenvalue weighted by molar-refractivity contribution is 5.42. The van der Waals surface area contributed by atoms with Gasteiger partial charge in [0.25, 0.3) is 11.3 Å². The molecule has 2 aromatic carbocycles. The number of halogens is 49. The summed E-state index contributed by atoms with van der Waals surface area (Å²) in [7, 11) is 6.00. The zero-order chi connectivity index (χ0) is 70.7. The summed E-state index contributed by atoms with van der Waals surface area (Å²) in [5.74, 6) is -134. The lowest BCUT2D eigenvalue weighted by atomic mass is 9.54. The number of alkyl halides is 38. The van der Waals surface area contributed by atoms with Gasteiger partial charge in [0.2, 0.25) is 40.7 Å². The molecule has 3 aliphatic carbocycles. The molecule has 0 bridgehead atoms. The maximum atomic E-state index is 14.2. The zero-order valence-electron chi connectivity index (χ0n) is 39.2. The van der Waals surface area contributed by atoms with E-state index >= 15 is 0 Å². The van der Waals surface area contributed by atoms with Crippen molar-refractivity contribution < 1.29 is 215 Å². The van der Waals surface area contributed by atoms with Crippen LogP contribution in [0, 0.1) is 64.0 Å². The van der Waals surface area contributed by atoms with Gasteiger partial charge >= 0.3 is 101 Å². The summed E-state index contributed by atoms with van der Waals surface area (Å²) in [5, 5.41) is 0. The molecule has 0 N–H and O–H groups in total. The summed E-state index contributed by atoms with van der Waals surface area (Å²) in [5.41, 5.74) is -28.0. The van der Waals surface area contributed by atoms with E-state index in [2.05, 4.69) is 0 Å². The van der Waals surface area contributed by atoms with E-state index in [1.807, 2.05) is 26.0 Å². The molecule has 0 spiro atoms. The molecule has 0 aromatic heterocycles. The van der Waals surface area contributed by atoms with Crippen molar-refractivity contribution in [3.63, 3.8) is 0 Å². The Balaban J connectivity index is 0.00000110. The fourth-order valence-electron chi connectivity index (χ4n) is 5.92. The monoisotopic (exact) mass is 1390 g/mol. The van der Waals surface area contributed by atoms with Crippen LogP contribution < -0.4 is 0 Å². The second-order valence-corrected chi connectivity index (χ2v) is 16.6. The summed E-state index contributed by atoms with van der Waals surface area (Å²) in [6.07, 6.45) is -18.0. The number of rotatable bonds is 0. The first kappa shape index (κ1) is 81.0. The number of fused-ring (bicyclic) bond motifs is 1. The summed E-state index contributed by atoms with van der Waals surface area (Å²) in [6, 6.07) is 0. The standard InChI is InChI=1S/C10F18.C7F14.C7F8.C6F6.C3H5F3.C3H9N/c11-1-2(12,5(17,18)9(25,26)7(21,22)3(1,13)14)6(19,20)10(27,28)8(23,24)4(1,15)16;8-1(7(19,20)21)2(9,10)4(13,14)6(17,18)5(15,16)3(1,11)12;8-2-1(7(13,14)15)3(9)5(11)6(12)4(2)10;7-1-2(8)4(10)6(12)5(11)3(1)9;1-2-3(4,5)6;1-4(2)3/h;;;;2H2,1H3;1-3H3. The minimum Gasteiger partial charge on any atom is -0.312 e. The highest BCUT2D eigenvalue weighted by atomic mass is 19.4. The third-order valence-electron chi connectivity index (χ3n) is 10.5. The van der Waals surface area contributed by atoms with Crippen molar-refractivity contribution in [1.29, 1.82) is 0 Å². The molecule has 0 atom stereocenters. The van der Waals surface area contributed by atoms with E-state index in [0.717, 1.165) is 6.92 Å². The molecule has 0 aliphatic heterocycles. The Morgan fingerprint density at radius 1 is 0.256 bits per heavy atom. The second kappa shape index (κ2) is 22.5. The van der Waals surface area contributed by atoms with Gasteiger partial charge in [-0.1, -0.05) is 6.92 Å². The van der Waals surface area contributed by atoms with Gasteiger partial charge in [0.15, 0.2) is 23.3 Å². The summed E-state index contributed by atoms with van der Waals surface area (Å²) in [4.78, 5) is 2.00. The van der Waals surface area contributed by atoms with E-state index in [9.17, 15) is 215 Å². The van der Waals surface area contributed by atoms with Crippen LogP contribution in [0.15, 0.2) is 0 Å². The maximum absolute atomic E-state index is 14.2. The van der Waals surface area contributed by atoms with Crippen molar-refractivity contribution in [3.05, 3.63) is 69.6 Å². The van der Waals surface area contributed by atoms with E-state index < -0.39 is 189 Å². The van der Waals surface area contributed by atoms with Gasteiger partial charge < -0.3 is 4.90 Å². The summed E-state index contributed by atoms with van der Waals surface area (Å²) < 4.78 is 618. The van der Waals surface area contributed by atoms with Crippen LogP contribution >= 0.6 is 0 Å². The topological polar surface area (TPSA) is 3.24 Å². The first-order valence-electron chi connectivity index (χ1n) is 19.4. The fraction of sp³-hybridized carbons (Fsp3) is 0.667. The van der Waals surface area contributed by atoms with Crippen LogP contribution in [0.1, 0.15) is 18.9 Å². The molecule has 0 radical (unpaired) electrons. The normalized spacial score (nSPS) is 26.6. The highest BCUT2D eigenvalue weighted by Gasteiger charge is 3.15. The quantitative estimate of drug-likeness (QED) is 0.144. The van der Waals surface area contributed by atoms with Gasteiger partial charge in [-0.05, 0) is 21.1 Å². The first-order chi connectivity index (χ1) is 36.9.